The minimum Gasteiger partial charge on any atom is -0.369 e. The minimum absolute atomic E-state index is 0.0292. The number of nitrogens with one attached hydrogen (secondary N) is 1. The summed E-state index contributed by atoms with van der Waals surface area (Å²) in [5.74, 6) is 0.338. The quantitative estimate of drug-likeness (QED) is 0.403. The van der Waals surface area contributed by atoms with E-state index in [0.29, 0.717) is 26.3 Å². The molecular weight excluding hydrogens is 404 g/mol. The number of hydrogen-bond acceptors (Lipinski definition) is 6. The Morgan fingerprint density at radius 3 is 2.69 bits per heavy atom. The highest BCUT2D eigenvalue weighted by Crippen LogP contribution is 2.34. The molecule has 1 amide bonds. The third-order valence-corrected chi connectivity index (χ3v) is 6.02. The first-order chi connectivity index (χ1) is 13.8. The van der Waals surface area contributed by atoms with Crippen molar-refractivity contribution < 1.29 is 4.79 Å². The monoisotopic (exact) mass is 430 g/mol. The molecule has 2 aromatic heterocycles. The number of anilines is 1. The maximum Gasteiger partial charge on any atom is 0.267 e. The molecule has 3 heterocycles. The van der Waals surface area contributed by atoms with Gasteiger partial charge in [-0.1, -0.05) is 49.8 Å². The highest BCUT2D eigenvalue weighted by molar-refractivity contribution is 8.26. The molecule has 0 bridgehead atoms. The lowest BCUT2D eigenvalue weighted by atomic mass is 10.2. The summed E-state index contributed by atoms with van der Waals surface area (Å²) in [5.41, 5.74) is 1.72. The SMILES string of the molecule is CCCCCNc1nc2ccc(C)cn2c(=O)c1C=C1SC(=S)N(C(C)C)C1=O. The van der Waals surface area contributed by atoms with E-state index in [0.717, 1.165) is 31.4 Å². The molecule has 1 saturated heterocycles. The second kappa shape index (κ2) is 9.09. The molecule has 0 atom stereocenters. The van der Waals surface area contributed by atoms with Gasteiger partial charge in [0, 0.05) is 18.8 Å². The van der Waals surface area contributed by atoms with E-state index in [4.69, 9.17) is 12.2 Å². The fourth-order valence-corrected chi connectivity index (χ4v) is 4.67. The van der Waals surface area contributed by atoms with E-state index in [2.05, 4.69) is 17.2 Å². The van der Waals surface area contributed by atoms with Crippen molar-refractivity contribution in [1.29, 1.82) is 0 Å². The number of nitrogens with zero attached hydrogens (tertiary/aromatic N) is 3. The van der Waals surface area contributed by atoms with Crippen LogP contribution in [0.25, 0.3) is 11.7 Å². The predicted octanol–water partition coefficient (Wildman–Crippen LogP) is 4.21. The molecule has 6 nitrogen and oxygen atoms in total. The molecule has 8 heteroatoms. The molecular formula is C21H26N4O2S2. The van der Waals surface area contributed by atoms with E-state index in [-0.39, 0.29) is 17.5 Å². The molecule has 3 rings (SSSR count). The number of thiocarbonyl (C=S) groups is 1. The van der Waals surface area contributed by atoms with Gasteiger partial charge in [0.2, 0.25) is 0 Å². The number of thioether (sulfide) groups is 1. The molecule has 0 aliphatic carbocycles. The van der Waals surface area contributed by atoms with E-state index in [1.807, 2.05) is 32.9 Å². The Morgan fingerprint density at radius 1 is 1.28 bits per heavy atom. The number of unbranched alkanes of at least 4 members (excludes halogenated alkanes) is 2. The Hall–Kier alpha value is -2.19. The van der Waals surface area contributed by atoms with Crippen LogP contribution in [0.2, 0.25) is 0 Å². The lowest BCUT2D eigenvalue weighted by Crippen LogP contribution is -2.34. The lowest BCUT2D eigenvalue weighted by molar-refractivity contribution is -0.123. The molecule has 1 fully saturated rings. The van der Waals surface area contributed by atoms with Gasteiger partial charge < -0.3 is 5.32 Å². The van der Waals surface area contributed by atoms with Crippen molar-refractivity contribution in [2.45, 2.75) is 53.0 Å². The Morgan fingerprint density at radius 2 is 2.03 bits per heavy atom. The summed E-state index contributed by atoms with van der Waals surface area (Å²) in [7, 11) is 0. The topological polar surface area (TPSA) is 66.7 Å². The summed E-state index contributed by atoms with van der Waals surface area (Å²) in [5, 5.41) is 3.29. The van der Waals surface area contributed by atoms with Crippen LogP contribution in [-0.4, -0.2) is 37.1 Å². The van der Waals surface area contributed by atoms with Gasteiger partial charge in [0.15, 0.2) is 0 Å². The van der Waals surface area contributed by atoms with Crippen LogP contribution in [0.5, 0.6) is 0 Å². The fourth-order valence-electron chi connectivity index (χ4n) is 3.16. The molecule has 0 unspecified atom stereocenters. The average molecular weight is 431 g/mol. The van der Waals surface area contributed by atoms with Gasteiger partial charge in [-0.3, -0.25) is 18.9 Å². The van der Waals surface area contributed by atoms with E-state index in [9.17, 15) is 9.59 Å². The van der Waals surface area contributed by atoms with E-state index < -0.39 is 0 Å². The Balaban J connectivity index is 2.09. The first-order valence-corrected chi connectivity index (χ1v) is 11.1. The zero-order chi connectivity index (χ0) is 21.1. The number of pyridine rings is 1. The summed E-state index contributed by atoms with van der Waals surface area (Å²) in [4.78, 5) is 32.7. The van der Waals surface area contributed by atoms with Gasteiger partial charge in [0.25, 0.3) is 11.5 Å². The molecule has 0 saturated carbocycles. The van der Waals surface area contributed by atoms with Gasteiger partial charge in [-0.25, -0.2) is 4.98 Å². The number of aromatic nitrogens is 2. The van der Waals surface area contributed by atoms with E-state index in [1.165, 1.54) is 16.2 Å². The Labute approximate surface area is 180 Å². The number of rotatable bonds is 7. The zero-order valence-electron chi connectivity index (χ0n) is 17.2. The highest BCUT2D eigenvalue weighted by Gasteiger charge is 2.34. The van der Waals surface area contributed by atoms with Crippen LogP contribution in [0.3, 0.4) is 0 Å². The molecule has 154 valence electrons. The highest BCUT2D eigenvalue weighted by atomic mass is 32.2. The van der Waals surface area contributed by atoms with Gasteiger partial charge in [0.05, 0.1) is 10.5 Å². The lowest BCUT2D eigenvalue weighted by Gasteiger charge is -2.18. The number of hydrogen-bond donors (Lipinski definition) is 1. The third kappa shape index (κ3) is 4.53. The van der Waals surface area contributed by atoms with E-state index >= 15 is 0 Å². The molecule has 0 spiro atoms. The Bertz CT molecular complexity index is 1040. The predicted molar refractivity (Wildman–Crippen MR) is 124 cm³/mol. The van der Waals surface area contributed by atoms with Gasteiger partial charge >= 0.3 is 0 Å². The number of carbonyl (C=O) groups is 1. The van der Waals surface area contributed by atoms with Crippen molar-refractivity contribution >= 4 is 51.7 Å². The number of fused-ring (bicyclic) bond motifs is 1. The van der Waals surface area contributed by atoms with Crippen LogP contribution in [-0.2, 0) is 4.79 Å². The molecule has 0 aromatic carbocycles. The van der Waals surface area contributed by atoms with Crippen molar-refractivity contribution in [2.75, 3.05) is 11.9 Å². The van der Waals surface area contributed by atoms with Crippen LogP contribution in [0.4, 0.5) is 5.82 Å². The zero-order valence-corrected chi connectivity index (χ0v) is 18.8. The summed E-state index contributed by atoms with van der Waals surface area (Å²) in [6.07, 6.45) is 6.59. The van der Waals surface area contributed by atoms with Gasteiger partial charge in [-0.05, 0) is 44.9 Å². The first kappa shape index (κ1) is 21.5. The number of carbonyl (C=O) groups excluding carboxylic acids is 1. The average Bonchev–Trinajstić information content (AvgIpc) is 2.95. The van der Waals surface area contributed by atoms with Crippen molar-refractivity contribution in [1.82, 2.24) is 14.3 Å². The fraction of sp³-hybridized carbons (Fsp3) is 0.429. The third-order valence-electron chi connectivity index (χ3n) is 4.69. The van der Waals surface area contributed by atoms with Crippen LogP contribution < -0.4 is 10.9 Å². The van der Waals surface area contributed by atoms with Crippen LogP contribution in [0.15, 0.2) is 28.0 Å². The van der Waals surface area contributed by atoms with Crippen LogP contribution in [0, 0.1) is 6.92 Å². The van der Waals surface area contributed by atoms with Crippen molar-refractivity contribution in [3.05, 3.63) is 44.7 Å². The normalized spacial score (nSPS) is 15.9. The molecule has 1 aliphatic rings. The Kier molecular flexibility index (Phi) is 6.74. The minimum atomic E-state index is -0.202. The van der Waals surface area contributed by atoms with Gasteiger partial charge in [-0.2, -0.15) is 0 Å². The van der Waals surface area contributed by atoms with Gasteiger partial charge in [0.1, 0.15) is 15.8 Å². The smallest absolute Gasteiger partial charge is 0.267 e. The number of aryl methyl sites for hydroxylation is 1. The molecule has 0 radical (unpaired) electrons. The summed E-state index contributed by atoms with van der Waals surface area (Å²) in [6, 6.07) is 3.73. The van der Waals surface area contributed by atoms with E-state index in [1.54, 1.807) is 17.2 Å². The summed E-state index contributed by atoms with van der Waals surface area (Å²) in [6.45, 7) is 8.63. The molecule has 29 heavy (non-hydrogen) atoms. The van der Waals surface area contributed by atoms with Crippen molar-refractivity contribution in [3.8, 4) is 0 Å². The summed E-state index contributed by atoms with van der Waals surface area (Å²) < 4.78 is 2.04. The maximum atomic E-state index is 13.3. The largest absolute Gasteiger partial charge is 0.369 e. The molecule has 2 aromatic rings. The second-order valence-electron chi connectivity index (χ2n) is 7.39. The van der Waals surface area contributed by atoms with Crippen molar-refractivity contribution in [3.63, 3.8) is 0 Å². The van der Waals surface area contributed by atoms with Crippen LogP contribution in [0.1, 0.15) is 51.2 Å². The summed E-state index contributed by atoms with van der Waals surface area (Å²) >= 11 is 6.59. The van der Waals surface area contributed by atoms with Crippen LogP contribution >= 0.6 is 24.0 Å². The van der Waals surface area contributed by atoms with Gasteiger partial charge in [-0.15, -0.1) is 0 Å². The first-order valence-electron chi connectivity index (χ1n) is 9.87. The molecule has 1 N–H and O–H groups in total. The van der Waals surface area contributed by atoms with Crippen molar-refractivity contribution in [2.24, 2.45) is 0 Å². The standard InChI is InChI=1S/C21H26N4O2S2/c1-5-6-7-10-22-18-15(11-16-20(27)25(13(2)3)21(28)29-16)19(26)24-12-14(4)8-9-17(24)23-18/h8-9,11-13,22H,5-7,10H2,1-4H3. The number of amides is 1. The second-order valence-corrected chi connectivity index (χ2v) is 9.07. The maximum absolute atomic E-state index is 13.3. The molecule has 1 aliphatic heterocycles.